The molecule has 3 rings (SSSR count). The lowest BCUT2D eigenvalue weighted by atomic mass is 9.85. The molecule has 0 spiro atoms. The van der Waals surface area contributed by atoms with E-state index in [1.807, 2.05) is 0 Å². The van der Waals surface area contributed by atoms with Crippen LogP contribution in [0.2, 0.25) is 0 Å². The van der Waals surface area contributed by atoms with Gasteiger partial charge < -0.3 is 40.6 Å². The van der Waals surface area contributed by atoms with Crippen LogP contribution in [0.4, 0.5) is 0 Å². The van der Waals surface area contributed by atoms with Gasteiger partial charge in [0.2, 0.25) is 0 Å². The minimum Gasteiger partial charge on any atom is -0.387 e. The standard InChI is InChI=1S/C12H23N.C6H13O9P/c1-3-7-11(8-4-1)13-12-9-5-2-6-10-12;7-1-2(8)4(10)6(5(11)3(1)9)15-16(12,13)14/h11-13H,1-10H2;1-11H,(H2,12,13,14)/t;1?,2-,3+,4-,5-,6?/m.0/s1. The summed E-state index contributed by atoms with van der Waals surface area (Å²) in [6.07, 6.45) is 3.22. The van der Waals surface area contributed by atoms with Crippen molar-refractivity contribution in [2.24, 2.45) is 0 Å². The van der Waals surface area contributed by atoms with Crippen molar-refractivity contribution >= 4 is 7.82 Å². The van der Waals surface area contributed by atoms with Gasteiger partial charge in [0.05, 0.1) is 0 Å². The van der Waals surface area contributed by atoms with Gasteiger partial charge in [0.25, 0.3) is 0 Å². The molecule has 172 valence electrons. The van der Waals surface area contributed by atoms with Gasteiger partial charge in [-0.2, -0.15) is 0 Å². The third kappa shape index (κ3) is 7.81. The van der Waals surface area contributed by atoms with Crippen molar-refractivity contribution in [2.45, 2.75) is 113 Å². The third-order valence-electron chi connectivity index (χ3n) is 6.01. The van der Waals surface area contributed by atoms with E-state index in [1.165, 1.54) is 64.2 Å². The molecule has 10 nitrogen and oxygen atoms in total. The number of rotatable bonds is 4. The number of hydrogen-bond donors (Lipinski definition) is 8. The van der Waals surface area contributed by atoms with Gasteiger partial charge in [0.1, 0.15) is 36.6 Å². The Labute approximate surface area is 171 Å². The van der Waals surface area contributed by atoms with Gasteiger partial charge in [0.15, 0.2) is 0 Å². The lowest BCUT2D eigenvalue weighted by Crippen LogP contribution is -2.64. The fourth-order valence-electron chi connectivity index (χ4n) is 4.35. The molecular formula is C18H36NO9P. The summed E-state index contributed by atoms with van der Waals surface area (Å²) in [7, 11) is -5.01. The van der Waals surface area contributed by atoms with E-state index in [4.69, 9.17) is 14.9 Å². The predicted octanol–water partition coefficient (Wildman–Crippen LogP) is -0.476. The third-order valence-corrected chi connectivity index (χ3v) is 6.53. The first-order chi connectivity index (χ1) is 13.6. The molecule has 0 aromatic rings. The van der Waals surface area contributed by atoms with E-state index in [9.17, 15) is 25.0 Å². The summed E-state index contributed by atoms with van der Waals surface area (Å²) in [5.74, 6) is 0. The highest BCUT2D eigenvalue weighted by Crippen LogP contribution is 2.41. The SMILES string of the molecule is C1CCC(NC2CCCCC2)CC1.O=P(O)(O)OC1[C@@H](O)[C@H](O)C(O)[C@H](O)[C@@H]1O. The van der Waals surface area contributed by atoms with Crippen LogP contribution in [0.15, 0.2) is 0 Å². The van der Waals surface area contributed by atoms with Crippen LogP contribution in [-0.2, 0) is 9.09 Å². The van der Waals surface area contributed by atoms with E-state index in [-0.39, 0.29) is 0 Å². The number of aliphatic hydroxyl groups is 5. The zero-order valence-electron chi connectivity index (χ0n) is 16.6. The molecule has 0 saturated heterocycles. The zero-order chi connectivity index (χ0) is 21.6. The number of hydrogen-bond acceptors (Lipinski definition) is 8. The van der Waals surface area contributed by atoms with Gasteiger partial charge in [-0.15, -0.1) is 0 Å². The van der Waals surface area contributed by atoms with Crippen molar-refractivity contribution < 1.29 is 44.4 Å². The van der Waals surface area contributed by atoms with E-state index in [0.717, 1.165) is 12.1 Å². The minimum absolute atomic E-state index is 0.872. The Morgan fingerprint density at radius 2 is 0.966 bits per heavy atom. The summed E-state index contributed by atoms with van der Waals surface area (Å²) in [4.78, 5) is 17.0. The van der Waals surface area contributed by atoms with Gasteiger partial charge in [-0.1, -0.05) is 38.5 Å². The summed E-state index contributed by atoms with van der Waals surface area (Å²) in [5, 5.41) is 50.0. The molecule has 2 unspecified atom stereocenters. The second-order valence-electron chi connectivity index (χ2n) is 8.35. The Bertz CT molecular complexity index is 489. The monoisotopic (exact) mass is 441 g/mol. The molecular weight excluding hydrogens is 405 g/mol. The first kappa shape index (κ1) is 25.1. The Morgan fingerprint density at radius 1 is 0.621 bits per heavy atom. The van der Waals surface area contributed by atoms with Crippen molar-refractivity contribution in [1.29, 1.82) is 0 Å². The summed E-state index contributed by atoms with van der Waals surface area (Å²) >= 11 is 0. The molecule has 0 radical (unpaired) electrons. The van der Waals surface area contributed by atoms with E-state index in [2.05, 4.69) is 9.84 Å². The smallest absolute Gasteiger partial charge is 0.387 e. The highest BCUT2D eigenvalue weighted by Gasteiger charge is 2.50. The second kappa shape index (κ2) is 11.5. The summed E-state index contributed by atoms with van der Waals surface area (Å²) in [6.45, 7) is 0. The first-order valence-electron chi connectivity index (χ1n) is 10.5. The molecule has 8 N–H and O–H groups in total. The van der Waals surface area contributed by atoms with E-state index in [1.54, 1.807) is 0 Å². The summed E-state index contributed by atoms with van der Waals surface area (Å²) in [5.41, 5.74) is 0. The average molecular weight is 441 g/mol. The predicted molar refractivity (Wildman–Crippen MR) is 104 cm³/mol. The topological polar surface area (TPSA) is 180 Å². The lowest BCUT2D eigenvalue weighted by Gasteiger charge is -2.41. The fourth-order valence-corrected chi connectivity index (χ4v) is 4.92. The Kier molecular flexibility index (Phi) is 9.95. The minimum atomic E-state index is -5.01. The summed E-state index contributed by atoms with van der Waals surface area (Å²) < 4.78 is 14.5. The van der Waals surface area contributed by atoms with Crippen LogP contribution >= 0.6 is 7.82 Å². The normalized spacial score (nSPS) is 37.6. The highest BCUT2D eigenvalue weighted by atomic mass is 31.2. The lowest BCUT2D eigenvalue weighted by molar-refractivity contribution is -0.219. The van der Waals surface area contributed by atoms with Crippen molar-refractivity contribution in [1.82, 2.24) is 5.32 Å². The van der Waals surface area contributed by atoms with Crippen LogP contribution in [0.5, 0.6) is 0 Å². The molecule has 3 saturated carbocycles. The number of aliphatic hydroxyl groups excluding tert-OH is 5. The maximum atomic E-state index is 10.5. The fraction of sp³-hybridized carbons (Fsp3) is 1.00. The van der Waals surface area contributed by atoms with Crippen LogP contribution in [-0.4, -0.2) is 84.0 Å². The molecule has 0 aromatic carbocycles. The number of nitrogens with one attached hydrogen (secondary N) is 1. The molecule has 0 amide bonds. The first-order valence-corrected chi connectivity index (χ1v) is 12.0. The van der Waals surface area contributed by atoms with Gasteiger partial charge in [0, 0.05) is 12.1 Å². The average Bonchev–Trinajstić information content (AvgIpc) is 2.70. The van der Waals surface area contributed by atoms with Gasteiger partial charge in [-0.05, 0) is 25.7 Å². The molecule has 3 fully saturated rings. The Morgan fingerprint density at radius 3 is 1.31 bits per heavy atom. The van der Waals surface area contributed by atoms with Crippen molar-refractivity contribution in [3.05, 3.63) is 0 Å². The maximum Gasteiger partial charge on any atom is 0.470 e. The number of phosphoric acid groups is 1. The molecule has 0 aliphatic heterocycles. The van der Waals surface area contributed by atoms with E-state index < -0.39 is 44.4 Å². The zero-order valence-corrected chi connectivity index (χ0v) is 17.5. The molecule has 0 bridgehead atoms. The van der Waals surface area contributed by atoms with Crippen LogP contribution in [0.3, 0.4) is 0 Å². The highest BCUT2D eigenvalue weighted by molar-refractivity contribution is 7.46. The van der Waals surface area contributed by atoms with E-state index >= 15 is 0 Å². The van der Waals surface area contributed by atoms with Crippen LogP contribution < -0.4 is 5.32 Å². The van der Waals surface area contributed by atoms with Crippen LogP contribution in [0.25, 0.3) is 0 Å². The molecule has 3 aliphatic carbocycles. The van der Waals surface area contributed by atoms with Gasteiger partial charge in [-0.25, -0.2) is 4.57 Å². The van der Waals surface area contributed by atoms with Crippen LogP contribution in [0, 0.1) is 0 Å². The molecule has 29 heavy (non-hydrogen) atoms. The van der Waals surface area contributed by atoms with Crippen LogP contribution in [0.1, 0.15) is 64.2 Å². The van der Waals surface area contributed by atoms with Crippen molar-refractivity contribution in [2.75, 3.05) is 0 Å². The molecule has 6 atom stereocenters. The molecule has 11 heteroatoms. The van der Waals surface area contributed by atoms with Gasteiger partial charge >= 0.3 is 7.82 Å². The largest absolute Gasteiger partial charge is 0.470 e. The second-order valence-corrected chi connectivity index (χ2v) is 9.54. The van der Waals surface area contributed by atoms with Crippen molar-refractivity contribution in [3.8, 4) is 0 Å². The number of phosphoric ester groups is 1. The maximum absolute atomic E-state index is 10.5. The van der Waals surface area contributed by atoms with Crippen molar-refractivity contribution in [3.63, 3.8) is 0 Å². The Hall–Kier alpha value is -0.130. The van der Waals surface area contributed by atoms with E-state index in [0.29, 0.717) is 0 Å². The quantitative estimate of drug-likeness (QED) is 0.266. The molecule has 0 heterocycles. The van der Waals surface area contributed by atoms with Gasteiger partial charge in [-0.3, -0.25) is 4.52 Å². The molecule has 3 aliphatic rings. The Balaban J connectivity index is 0.000000211. The summed E-state index contributed by atoms with van der Waals surface area (Å²) in [6, 6.07) is 1.74. The molecule has 0 aromatic heterocycles.